The first-order valence-electron chi connectivity index (χ1n) is 13.9. The Bertz CT molecular complexity index is 1700. The summed E-state index contributed by atoms with van der Waals surface area (Å²) in [6, 6.07) is 28.4. The lowest BCUT2D eigenvalue weighted by Gasteiger charge is -2.28. The van der Waals surface area contributed by atoms with E-state index in [-0.39, 0.29) is 11.8 Å². The number of nitrogens with zero attached hydrogens (tertiary/aromatic N) is 4. The van der Waals surface area contributed by atoms with Crippen molar-refractivity contribution in [3.63, 3.8) is 0 Å². The van der Waals surface area contributed by atoms with E-state index in [1.165, 1.54) is 0 Å². The summed E-state index contributed by atoms with van der Waals surface area (Å²) in [6.45, 7) is 3.15. The monoisotopic (exact) mass is 560 g/mol. The Morgan fingerprint density at radius 3 is 1.95 bits per heavy atom. The largest absolute Gasteiger partial charge is 0.378 e. The molecule has 212 valence electrons. The summed E-state index contributed by atoms with van der Waals surface area (Å²) < 4.78 is 7.25. The van der Waals surface area contributed by atoms with Crippen molar-refractivity contribution in [1.82, 2.24) is 9.78 Å². The number of fused-ring (bicyclic) bond motifs is 1. The van der Waals surface area contributed by atoms with Crippen LogP contribution in [0.4, 0.5) is 22.7 Å². The van der Waals surface area contributed by atoms with Crippen LogP contribution >= 0.6 is 0 Å². The van der Waals surface area contributed by atoms with Crippen LogP contribution in [0.25, 0.3) is 16.6 Å². The number of hydrogen-bond donors (Lipinski definition) is 2. The van der Waals surface area contributed by atoms with Gasteiger partial charge in [-0.05, 0) is 91.0 Å². The Hall–Kier alpha value is -5.15. The highest BCUT2D eigenvalue weighted by Gasteiger charge is 2.14. The van der Waals surface area contributed by atoms with Crippen molar-refractivity contribution in [3.8, 4) is 5.69 Å². The number of hydrogen-bond acceptors (Lipinski definition) is 6. The highest BCUT2D eigenvalue weighted by molar-refractivity contribution is 6.05. The minimum absolute atomic E-state index is 0.165. The minimum Gasteiger partial charge on any atom is -0.378 e. The number of morpholine rings is 1. The minimum atomic E-state index is -0.166. The highest BCUT2D eigenvalue weighted by atomic mass is 16.5. The fourth-order valence-corrected chi connectivity index (χ4v) is 4.97. The molecule has 0 unspecified atom stereocenters. The molecular weight excluding hydrogens is 528 g/mol. The third-order valence-electron chi connectivity index (χ3n) is 7.35. The topological polar surface area (TPSA) is 91.7 Å². The maximum atomic E-state index is 12.9. The molecule has 0 radical (unpaired) electrons. The molecule has 0 spiro atoms. The van der Waals surface area contributed by atoms with Gasteiger partial charge in [-0.1, -0.05) is 0 Å². The molecule has 42 heavy (non-hydrogen) atoms. The molecule has 9 heteroatoms. The molecule has 2 N–H and O–H groups in total. The molecule has 4 aromatic carbocycles. The normalized spacial score (nSPS) is 13.1. The fourth-order valence-electron chi connectivity index (χ4n) is 4.97. The van der Waals surface area contributed by atoms with Gasteiger partial charge in [0.2, 0.25) is 0 Å². The molecule has 2 heterocycles. The van der Waals surface area contributed by atoms with E-state index in [1.54, 1.807) is 6.20 Å². The van der Waals surface area contributed by atoms with E-state index in [4.69, 9.17) is 4.74 Å². The van der Waals surface area contributed by atoms with Crippen LogP contribution in [0.3, 0.4) is 0 Å². The van der Waals surface area contributed by atoms with Gasteiger partial charge in [-0.15, -0.1) is 0 Å². The van der Waals surface area contributed by atoms with Gasteiger partial charge in [-0.3, -0.25) is 9.59 Å². The Balaban J connectivity index is 1.11. The number of rotatable bonds is 7. The fraction of sp³-hybridized carbons (Fsp3) is 0.182. The van der Waals surface area contributed by atoms with Crippen LogP contribution in [-0.4, -0.2) is 62.0 Å². The van der Waals surface area contributed by atoms with Crippen LogP contribution in [0.5, 0.6) is 0 Å². The Kier molecular flexibility index (Phi) is 7.57. The van der Waals surface area contributed by atoms with E-state index in [0.29, 0.717) is 22.5 Å². The number of nitrogens with one attached hydrogen (secondary N) is 2. The van der Waals surface area contributed by atoms with E-state index in [0.717, 1.165) is 54.3 Å². The third-order valence-corrected chi connectivity index (χ3v) is 7.35. The number of anilines is 4. The Morgan fingerprint density at radius 1 is 0.738 bits per heavy atom. The van der Waals surface area contributed by atoms with Gasteiger partial charge in [0, 0.05) is 66.4 Å². The number of carbonyl (C=O) groups excluding carboxylic acids is 2. The summed E-state index contributed by atoms with van der Waals surface area (Å²) in [5.41, 5.74) is 6.47. The number of ether oxygens (including phenoxy) is 1. The summed E-state index contributed by atoms with van der Waals surface area (Å²) in [4.78, 5) is 29.8. The molecule has 0 bridgehead atoms. The first-order valence-corrected chi connectivity index (χ1v) is 13.9. The SMILES string of the molecule is CN(C)c1ccc(C(=O)Nc2ccc(-n3ncc4cc(NC(=O)c5ccc(N6CCOCC6)cc5)ccc43)cc2)cc1. The second kappa shape index (κ2) is 11.8. The predicted octanol–water partition coefficient (Wildman–Crippen LogP) is 5.43. The molecule has 6 rings (SSSR count). The van der Waals surface area contributed by atoms with E-state index in [1.807, 2.05) is 115 Å². The zero-order chi connectivity index (χ0) is 29.1. The van der Waals surface area contributed by atoms with Gasteiger partial charge in [0.1, 0.15) is 0 Å². The third kappa shape index (κ3) is 5.82. The van der Waals surface area contributed by atoms with Crippen LogP contribution in [-0.2, 0) is 4.74 Å². The Labute approximate surface area is 244 Å². The van der Waals surface area contributed by atoms with Crippen LogP contribution < -0.4 is 20.4 Å². The number of benzene rings is 4. The van der Waals surface area contributed by atoms with Gasteiger partial charge in [-0.2, -0.15) is 5.10 Å². The molecule has 0 saturated carbocycles. The van der Waals surface area contributed by atoms with Gasteiger partial charge in [-0.25, -0.2) is 4.68 Å². The molecule has 1 saturated heterocycles. The van der Waals surface area contributed by atoms with Crippen molar-refractivity contribution in [2.24, 2.45) is 0 Å². The summed E-state index contributed by atoms with van der Waals surface area (Å²) in [5, 5.41) is 11.4. The molecule has 1 aliphatic heterocycles. The zero-order valence-corrected chi connectivity index (χ0v) is 23.6. The first-order chi connectivity index (χ1) is 20.4. The second-order valence-electron chi connectivity index (χ2n) is 10.4. The van der Waals surface area contributed by atoms with Crippen molar-refractivity contribution < 1.29 is 14.3 Å². The number of carbonyl (C=O) groups is 2. The molecule has 5 aromatic rings. The average Bonchev–Trinajstić information content (AvgIpc) is 3.45. The molecule has 1 fully saturated rings. The molecule has 9 nitrogen and oxygen atoms in total. The van der Waals surface area contributed by atoms with E-state index >= 15 is 0 Å². The van der Waals surface area contributed by atoms with Gasteiger partial charge < -0.3 is 25.2 Å². The standard InChI is InChI=1S/C33H32N6O3/c1-37(2)28-10-3-23(4-11-28)32(40)35-26-7-14-30(15-8-26)39-31-16-9-27(21-25(31)22-34-39)36-33(41)24-5-12-29(13-6-24)38-17-19-42-20-18-38/h3-16,21-22H,17-20H2,1-2H3,(H,35,40)(H,36,41). The maximum Gasteiger partial charge on any atom is 0.255 e. The van der Waals surface area contributed by atoms with Crippen molar-refractivity contribution in [2.75, 3.05) is 60.8 Å². The summed E-state index contributed by atoms with van der Waals surface area (Å²) in [5.74, 6) is -0.332. The van der Waals surface area contributed by atoms with Gasteiger partial charge in [0.15, 0.2) is 0 Å². The molecule has 2 amide bonds. The molecule has 1 aliphatic rings. The first kappa shape index (κ1) is 27.0. The van der Waals surface area contributed by atoms with Crippen LogP contribution in [0, 0.1) is 0 Å². The van der Waals surface area contributed by atoms with Crippen molar-refractivity contribution >= 4 is 45.5 Å². The van der Waals surface area contributed by atoms with Crippen LogP contribution in [0.15, 0.2) is 97.2 Å². The number of aromatic nitrogens is 2. The lowest BCUT2D eigenvalue weighted by atomic mass is 10.1. The van der Waals surface area contributed by atoms with Crippen LogP contribution in [0.2, 0.25) is 0 Å². The Morgan fingerprint density at radius 2 is 1.31 bits per heavy atom. The van der Waals surface area contributed by atoms with Crippen molar-refractivity contribution in [3.05, 3.63) is 108 Å². The highest BCUT2D eigenvalue weighted by Crippen LogP contribution is 2.24. The molecule has 0 aliphatic carbocycles. The average molecular weight is 561 g/mol. The predicted molar refractivity (Wildman–Crippen MR) is 167 cm³/mol. The molecular formula is C33H32N6O3. The lowest BCUT2D eigenvalue weighted by Crippen LogP contribution is -2.36. The van der Waals surface area contributed by atoms with Gasteiger partial charge in [0.25, 0.3) is 11.8 Å². The summed E-state index contributed by atoms with van der Waals surface area (Å²) >= 11 is 0. The van der Waals surface area contributed by atoms with E-state index in [2.05, 4.69) is 20.6 Å². The zero-order valence-electron chi connectivity index (χ0n) is 23.6. The van der Waals surface area contributed by atoms with Gasteiger partial charge >= 0.3 is 0 Å². The smallest absolute Gasteiger partial charge is 0.255 e. The van der Waals surface area contributed by atoms with Crippen molar-refractivity contribution in [1.29, 1.82) is 0 Å². The quantitative estimate of drug-likeness (QED) is 0.276. The number of amides is 2. The summed E-state index contributed by atoms with van der Waals surface area (Å²) in [7, 11) is 3.92. The summed E-state index contributed by atoms with van der Waals surface area (Å²) in [6.07, 6.45) is 1.77. The lowest BCUT2D eigenvalue weighted by molar-refractivity contribution is 0.101. The molecule has 1 aromatic heterocycles. The maximum absolute atomic E-state index is 12.9. The van der Waals surface area contributed by atoms with Gasteiger partial charge in [0.05, 0.1) is 30.6 Å². The van der Waals surface area contributed by atoms with E-state index in [9.17, 15) is 9.59 Å². The van der Waals surface area contributed by atoms with Crippen molar-refractivity contribution in [2.45, 2.75) is 0 Å². The van der Waals surface area contributed by atoms with E-state index < -0.39 is 0 Å². The second-order valence-corrected chi connectivity index (χ2v) is 10.4. The van der Waals surface area contributed by atoms with Crippen LogP contribution in [0.1, 0.15) is 20.7 Å². The molecule has 0 atom stereocenters.